The van der Waals surface area contributed by atoms with Gasteiger partial charge in [-0.15, -0.1) is 10.2 Å². The summed E-state index contributed by atoms with van der Waals surface area (Å²) in [5, 5.41) is 7.64. The van der Waals surface area contributed by atoms with Gasteiger partial charge >= 0.3 is 0 Å². The van der Waals surface area contributed by atoms with Gasteiger partial charge in [0.2, 0.25) is 0 Å². The fourth-order valence-electron chi connectivity index (χ4n) is 4.47. The Morgan fingerprint density at radius 1 is 1.18 bits per heavy atom. The topological polar surface area (TPSA) is 77.3 Å². The van der Waals surface area contributed by atoms with Crippen LogP contribution < -0.4 is 4.90 Å². The molecule has 0 saturated carbocycles. The zero-order chi connectivity index (χ0) is 23.3. The number of nitrogens with zero attached hydrogens (tertiary/aromatic N) is 4. The molecule has 0 N–H and O–H groups in total. The molecule has 0 aliphatic carbocycles. The van der Waals surface area contributed by atoms with Crippen LogP contribution in [0, 0.1) is 0 Å². The molecule has 3 heterocycles. The van der Waals surface area contributed by atoms with Gasteiger partial charge < -0.3 is 14.2 Å². The largest absolute Gasteiger partial charge is 0.379 e. The summed E-state index contributed by atoms with van der Waals surface area (Å²) >= 11 is 0. The molecular formula is C23H19F3N4O3. The molecule has 0 radical (unpaired) electrons. The third-order valence-corrected chi connectivity index (χ3v) is 6.38. The summed E-state index contributed by atoms with van der Waals surface area (Å²) in [6.07, 6.45) is -2.47. The maximum absolute atomic E-state index is 15.6. The summed E-state index contributed by atoms with van der Waals surface area (Å²) in [6, 6.07) is 9.22. The average Bonchev–Trinajstić information content (AvgIpc) is 3.35. The van der Waals surface area contributed by atoms with Crippen LogP contribution in [0.15, 0.2) is 42.7 Å². The molecule has 33 heavy (non-hydrogen) atoms. The normalized spacial score (nSPS) is 17.7. The lowest BCUT2D eigenvalue weighted by atomic mass is 9.74. The number of aromatic nitrogens is 3. The Kier molecular flexibility index (Phi) is 5.04. The van der Waals surface area contributed by atoms with E-state index in [4.69, 9.17) is 4.74 Å². The first kappa shape index (κ1) is 21.3. The highest BCUT2D eigenvalue weighted by Crippen LogP contribution is 2.46. The highest BCUT2D eigenvalue weighted by molar-refractivity contribution is 6.11. The molecule has 1 atom stereocenters. The number of hydrogen-bond acceptors (Lipinski definition) is 5. The number of halogens is 3. The number of ether oxygens (including phenoxy) is 1. The van der Waals surface area contributed by atoms with Crippen molar-refractivity contribution in [2.24, 2.45) is 7.05 Å². The van der Waals surface area contributed by atoms with E-state index in [0.717, 1.165) is 6.07 Å². The number of benzene rings is 2. The van der Waals surface area contributed by atoms with Crippen LogP contribution in [0.2, 0.25) is 0 Å². The van der Waals surface area contributed by atoms with E-state index in [2.05, 4.69) is 10.2 Å². The second kappa shape index (κ2) is 7.80. The number of carbonyl (C=O) groups is 2. The predicted molar refractivity (Wildman–Crippen MR) is 111 cm³/mol. The van der Waals surface area contributed by atoms with Crippen molar-refractivity contribution in [1.82, 2.24) is 14.8 Å². The molecule has 0 unspecified atom stereocenters. The van der Waals surface area contributed by atoms with Crippen LogP contribution in [0.3, 0.4) is 0 Å². The smallest absolute Gasteiger partial charge is 0.264 e. The number of alkyl halides is 3. The average molecular weight is 456 g/mol. The van der Waals surface area contributed by atoms with E-state index in [1.807, 2.05) is 0 Å². The summed E-state index contributed by atoms with van der Waals surface area (Å²) < 4.78 is 49.7. The minimum absolute atomic E-state index is 0.0162. The van der Waals surface area contributed by atoms with E-state index in [-0.39, 0.29) is 47.8 Å². The monoisotopic (exact) mass is 456 g/mol. The number of anilines is 1. The minimum Gasteiger partial charge on any atom is -0.379 e. The number of aryl methyl sites for hydroxylation is 1. The van der Waals surface area contributed by atoms with Crippen LogP contribution in [-0.4, -0.2) is 40.2 Å². The number of amides is 1. The number of hydrogen-bond donors (Lipinski definition) is 0. The van der Waals surface area contributed by atoms with Gasteiger partial charge in [-0.05, 0) is 35.4 Å². The van der Waals surface area contributed by atoms with E-state index >= 15 is 4.39 Å². The van der Waals surface area contributed by atoms with E-state index in [9.17, 15) is 18.4 Å². The van der Waals surface area contributed by atoms with Crippen molar-refractivity contribution in [3.8, 4) is 0 Å². The summed E-state index contributed by atoms with van der Waals surface area (Å²) in [4.78, 5) is 25.6. The van der Waals surface area contributed by atoms with Gasteiger partial charge in [-0.3, -0.25) is 9.59 Å². The van der Waals surface area contributed by atoms with Crippen LogP contribution in [0.1, 0.15) is 55.8 Å². The molecule has 1 fully saturated rings. The predicted octanol–water partition coefficient (Wildman–Crippen LogP) is 3.70. The first-order chi connectivity index (χ1) is 15.9. The molecule has 3 aromatic rings. The summed E-state index contributed by atoms with van der Waals surface area (Å²) in [6.45, 7) is 0.177. The van der Waals surface area contributed by atoms with Gasteiger partial charge in [0.25, 0.3) is 12.3 Å². The van der Waals surface area contributed by atoms with E-state index in [0.29, 0.717) is 17.5 Å². The third-order valence-electron chi connectivity index (χ3n) is 6.38. The molecule has 7 nitrogen and oxygen atoms in total. The van der Waals surface area contributed by atoms with E-state index in [1.165, 1.54) is 21.9 Å². The Morgan fingerprint density at radius 2 is 1.97 bits per heavy atom. The van der Waals surface area contributed by atoms with Crippen LogP contribution >= 0.6 is 0 Å². The van der Waals surface area contributed by atoms with Crippen molar-refractivity contribution in [2.75, 3.05) is 18.1 Å². The molecule has 2 aliphatic heterocycles. The van der Waals surface area contributed by atoms with Gasteiger partial charge in [0.05, 0.1) is 25.2 Å². The molecule has 10 heteroatoms. The lowest BCUT2D eigenvalue weighted by molar-refractivity contribution is -0.102. The fourth-order valence-corrected chi connectivity index (χ4v) is 4.47. The second-order valence-corrected chi connectivity index (χ2v) is 8.31. The van der Waals surface area contributed by atoms with Gasteiger partial charge in [-0.25, -0.2) is 13.2 Å². The number of carbonyl (C=O) groups excluding carboxylic acids is 2. The number of fused-ring (bicyclic) bond motifs is 1. The Labute approximate surface area is 186 Å². The Balaban J connectivity index is 1.52. The summed E-state index contributed by atoms with van der Waals surface area (Å²) in [5.41, 5.74) is -0.0181. The fraction of sp³-hybridized carbons (Fsp3) is 0.304. The van der Waals surface area contributed by atoms with Crippen molar-refractivity contribution in [2.45, 2.75) is 24.6 Å². The van der Waals surface area contributed by atoms with E-state index in [1.54, 1.807) is 31.3 Å². The molecule has 0 spiro atoms. The Hall–Kier alpha value is -3.53. The van der Waals surface area contributed by atoms with Gasteiger partial charge in [-0.1, -0.05) is 12.1 Å². The summed E-state index contributed by atoms with van der Waals surface area (Å²) in [5.74, 6) is -0.326. The van der Waals surface area contributed by atoms with Gasteiger partial charge in [0, 0.05) is 29.4 Å². The SMILES string of the molecule is Cn1cnnc1[C@H](F)C1(c2cccc(N3Cc4c(cc(C=O)cc4C(F)F)C3=O)c2)COC1. The Bertz CT molecular complexity index is 1260. The maximum Gasteiger partial charge on any atom is 0.264 e. The van der Waals surface area contributed by atoms with Gasteiger partial charge in [0.1, 0.15) is 12.6 Å². The first-order valence-corrected chi connectivity index (χ1v) is 10.2. The third kappa shape index (κ3) is 3.24. The van der Waals surface area contributed by atoms with E-state index < -0.39 is 23.9 Å². The number of rotatable bonds is 6. The zero-order valence-corrected chi connectivity index (χ0v) is 17.5. The Morgan fingerprint density at radius 3 is 2.58 bits per heavy atom. The highest BCUT2D eigenvalue weighted by atomic mass is 19.3. The minimum atomic E-state index is -2.83. The molecule has 0 bridgehead atoms. The van der Waals surface area contributed by atoms with Crippen molar-refractivity contribution >= 4 is 17.9 Å². The van der Waals surface area contributed by atoms with Crippen molar-refractivity contribution in [3.63, 3.8) is 0 Å². The van der Waals surface area contributed by atoms with Gasteiger partial charge in [-0.2, -0.15) is 0 Å². The molecule has 2 aliphatic rings. The maximum atomic E-state index is 15.6. The van der Waals surface area contributed by atoms with Crippen LogP contribution in [-0.2, 0) is 23.7 Å². The molecule has 5 rings (SSSR count). The molecule has 2 aromatic carbocycles. The van der Waals surface area contributed by atoms with Crippen LogP contribution in [0.5, 0.6) is 0 Å². The van der Waals surface area contributed by atoms with Crippen molar-refractivity contribution in [1.29, 1.82) is 0 Å². The quantitative estimate of drug-likeness (QED) is 0.529. The molecule has 1 saturated heterocycles. The first-order valence-electron chi connectivity index (χ1n) is 10.2. The second-order valence-electron chi connectivity index (χ2n) is 8.31. The number of aldehydes is 1. The molecule has 1 amide bonds. The zero-order valence-electron chi connectivity index (χ0n) is 17.5. The van der Waals surface area contributed by atoms with Crippen LogP contribution in [0.25, 0.3) is 0 Å². The molecule has 1 aromatic heterocycles. The lowest BCUT2D eigenvalue weighted by Crippen LogP contribution is -2.50. The standard InChI is InChI=1S/C23H19F3N4O3/c1-29-12-27-28-21(29)19(24)23(10-33-11-23)14-3-2-4-15(7-14)30-8-18-16(20(25)26)5-13(9-31)6-17(18)22(30)32/h2-7,9,12,19-20H,8,10-11H2,1H3/t19-/m0/s1. The van der Waals surface area contributed by atoms with Crippen LogP contribution in [0.4, 0.5) is 18.9 Å². The lowest BCUT2D eigenvalue weighted by Gasteiger charge is -2.43. The van der Waals surface area contributed by atoms with Gasteiger partial charge in [0.15, 0.2) is 12.0 Å². The highest BCUT2D eigenvalue weighted by Gasteiger charge is 2.50. The van der Waals surface area contributed by atoms with Crippen molar-refractivity contribution < 1.29 is 27.5 Å². The summed E-state index contributed by atoms with van der Waals surface area (Å²) in [7, 11) is 1.65. The van der Waals surface area contributed by atoms with Crippen molar-refractivity contribution in [3.05, 3.63) is 76.4 Å². The molecule has 170 valence electrons. The molecular weight excluding hydrogens is 437 g/mol.